The molecule has 8 heteroatoms. The maximum Gasteiger partial charge on any atom is 0.271 e. The van der Waals surface area contributed by atoms with E-state index in [-0.39, 0.29) is 17.4 Å². The molecule has 0 aliphatic carbocycles. The molecule has 1 unspecified atom stereocenters. The number of hydrogen-bond donors (Lipinski definition) is 2. The zero-order valence-electron chi connectivity index (χ0n) is 13.2. The summed E-state index contributed by atoms with van der Waals surface area (Å²) in [7, 11) is 1.51. The zero-order chi connectivity index (χ0) is 18.0. The molecule has 0 saturated carbocycles. The highest BCUT2D eigenvalue weighted by molar-refractivity contribution is 9.10. The molecular formula is C17H15BrN2O4S. The summed E-state index contributed by atoms with van der Waals surface area (Å²) in [4.78, 5) is 24.9. The van der Waals surface area contributed by atoms with Crippen LogP contribution >= 0.6 is 27.7 Å². The van der Waals surface area contributed by atoms with Crippen molar-refractivity contribution in [3.63, 3.8) is 0 Å². The number of hydrazine groups is 1. The van der Waals surface area contributed by atoms with Crippen LogP contribution in [0.5, 0.6) is 11.5 Å². The van der Waals surface area contributed by atoms with Gasteiger partial charge in [0.25, 0.3) is 11.8 Å². The quantitative estimate of drug-likeness (QED) is 0.791. The number of halogens is 1. The molecule has 130 valence electrons. The highest BCUT2D eigenvalue weighted by Crippen LogP contribution is 2.41. The Balaban J connectivity index is 1.86. The smallest absolute Gasteiger partial charge is 0.271 e. The molecule has 0 radical (unpaired) electrons. The van der Waals surface area contributed by atoms with Crippen LogP contribution in [0.1, 0.15) is 21.3 Å². The van der Waals surface area contributed by atoms with E-state index in [1.165, 1.54) is 23.9 Å². The Morgan fingerprint density at radius 1 is 1.36 bits per heavy atom. The topological polar surface area (TPSA) is 78.9 Å². The van der Waals surface area contributed by atoms with Gasteiger partial charge in [0.15, 0.2) is 0 Å². The SMILES string of the molecule is COc1ccc(Br)c(C(=O)NN2C(=O)CSC2c2ccccc2O)c1. The van der Waals surface area contributed by atoms with Gasteiger partial charge in [-0.25, -0.2) is 5.01 Å². The molecule has 2 N–H and O–H groups in total. The van der Waals surface area contributed by atoms with Gasteiger partial charge in [-0.1, -0.05) is 18.2 Å². The molecule has 1 saturated heterocycles. The van der Waals surface area contributed by atoms with Crippen LogP contribution in [0, 0.1) is 0 Å². The Hall–Kier alpha value is -2.19. The van der Waals surface area contributed by atoms with Crippen LogP contribution in [-0.4, -0.2) is 34.8 Å². The lowest BCUT2D eigenvalue weighted by Gasteiger charge is -2.25. The molecule has 2 aromatic carbocycles. The van der Waals surface area contributed by atoms with E-state index in [4.69, 9.17) is 4.74 Å². The standard InChI is InChI=1S/C17H15BrN2O4S/c1-24-10-6-7-13(18)12(8-10)16(23)19-20-15(22)9-25-17(20)11-4-2-3-5-14(11)21/h2-8,17,21H,9H2,1H3,(H,19,23). The van der Waals surface area contributed by atoms with Gasteiger partial charge < -0.3 is 9.84 Å². The van der Waals surface area contributed by atoms with Crippen LogP contribution < -0.4 is 10.2 Å². The molecule has 1 aliphatic heterocycles. The molecule has 0 bridgehead atoms. The number of ether oxygens (including phenoxy) is 1. The minimum Gasteiger partial charge on any atom is -0.508 e. The molecule has 1 heterocycles. The number of phenols is 1. The van der Waals surface area contributed by atoms with E-state index in [0.717, 1.165) is 0 Å². The largest absolute Gasteiger partial charge is 0.508 e. The van der Waals surface area contributed by atoms with Gasteiger partial charge in [0.05, 0.1) is 18.4 Å². The first-order valence-corrected chi connectivity index (χ1v) is 9.21. The summed E-state index contributed by atoms with van der Waals surface area (Å²) in [6.07, 6.45) is 0. The Morgan fingerprint density at radius 2 is 2.12 bits per heavy atom. The normalized spacial score (nSPS) is 16.8. The van der Waals surface area contributed by atoms with Crippen LogP contribution in [0.25, 0.3) is 0 Å². The minimum absolute atomic E-state index is 0.0801. The van der Waals surface area contributed by atoms with Gasteiger partial charge in [0.2, 0.25) is 0 Å². The average Bonchev–Trinajstić information content (AvgIpc) is 2.96. The molecule has 1 atom stereocenters. The number of phenolic OH excluding ortho intramolecular Hbond substituents is 1. The third kappa shape index (κ3) is 3.59. The van der Waals surface area contributed by atoms with Crippen molar-refractivity contribution in [3.05, 3.63) is 58.1 Å². The van der Waals surface area contributed by atoms with Crippen molar-refractivity contribution in [1.82, 2.24) is 10.4 Å². The maximum absolute atomic E-state index is 12.6. The van der Waals surface area contributed by atoms with Gasteiger partial charge in [0.1, 0.15) is 16.9 Å². The first-order valence-electron chi connectivity index (χ1n) is 7.37. The van der Waals surface area contributed by atoms with Crippen LogP contribution in [0.4, 0.5) is 0 Å². The predicted molar refractivity (Wildman–Crippen MR) is 98.3 cm³/mol. The lowest BCUT2D eigenvalue weighted by Crippen LogP contribution is -2.44. The predicted octanol–water partition coefficient (Wildman–Crippen LogP) is 3.08. The second kappa shape index (κ2) is 7.37. The Morgan fingerprint density at radius 3 is 2.84 bits per heavy atom. The number of methoxy groups -OCH3 is 1. The van der Waals surface area contributed by atoms with Crippen molar-refractivity contribution < 1.29 is 19.4 Å². The number of para-hydroxylation sites is 1. The van der Waals surface area contributed by atoms with Gasteiger partial charge in [-0.15, -0.1) is 11.8 Å². The summed E-state index contributed by atoms with van der Waals surface area (Å²) in [6.45, 7) is 0. The van der Waals surface area contributed by atoms with Gasteiger partial charge in [0, 0.05) is 10.0 Å². The fourth-order valence-electron chi connectivity index (χ4n) is 2.45. The molecule has 6 nitrogen and oxygen atoms in total. The van der Waals surface area contributed by atoms with E-state index in [1.807, 2.05) is 0 Å². The number of carbonyl (C=O) groups is 2. The molecule has 0 spiro atoms. The number of hydrogen-bond acceptors (Lipinski definition) is 5. The number of amides is 2. The minimum atomic E-state index is -0.484. The van der Waals surface area contributed by atoms with E-state index in [9.17, 15) is 14.7 Å². The Labute approximate surface area is 157 Å². The monoisotopic (exact) mass is 422 g/mol. The number of thioether (sulfide) groups is 1. The first kappa shape index (κ1) is 17.6. The first-order chi connectivity index (χ1) is 12.0. The molecule has 2 amide bonds. The van der Waals surface area contributed by atoms with E-state index in [0.29, 0.717) is 21.3 Å². The van der Waals surface area contributed by atoms with Gasteiger partial charge in [-0.05, 0) is 40.2 Å². The van der Waals surface area contributed by atoms with Gasteiger partial charge >= 0.3 is 0 Å². The van der Waals surface area contributed by atoms with Crippen LogP contribution in [-0.2, 0) is 4.79 Å². The van der Waals surface area contributed by atoms with E-state index < -0.39 is 11.3 Å². The summed E-state index contributed by atoms with van der Waals surface area (Å²) < 4.78 is 5.73. The van der Waals surface area contributed by atoms with Crippen molar-refractivity contribution in [3.8, 4) is 11.5 Å². The highest BCUT2D eigenvalue weighted by atomic mass is 79.9. The van der Waals surface area contributed by atoms with E-state index in [1.54, 1.807) is 42.5 Å². The second-order valence-corrected chi connectivity index (χ2v) is 7.20. The third-order valence-electron chi connectivity index (χ3n) is 3.71. The lowest BCUT2D eigenvalue weighted by atomic mass is 10.2. The molecule has 2 aromatic rings. The molecule has 1 aliphatic rings. The van der Waals surface area contributed by atoms with Crippen molar-refractivity contribution in [1.29, 1.82) is 0 Å². The van der Waals surface area contributed by atoms with Crippen LogP contribution in [0.2, 0.25) is 0 Å². The van der Waals surface area contributed by atoms with Gasteiger partial charge in [-0.3, -0.25) is 15.0 Å². The average molecular weight is 423 g/mol. The number of benzene rings is 2. The summed E-state index contributed by atoms with van der Waals surface area (Å²) >= 11 is 4.67. The molecule has 1 fully saturated rings. The van der Waals surface area contributed by atoms with Crippen molar-refractivity contribution in [2.24, 2.45) is 0 Å². The molecular weight excluding hydrogens is 408 g/mol. The number of aromatic hydroxyl groups is 1. The Kier molecular flexibility index (Phi) is 5.19. The summed E-state index contributed by atoms with van der Waals surface area (Å²) in [6, 6.07) is 11.8. The van der Waals surface area contributed by atoms with E-state index in [2.05, 4.69) is 21.4 Å². The zero-order valence-corrected chi connectivity index (χ0v) is 15.6. The number of nitrogens with one attached hydrogen (secondary N) is 1. The maximum atomic E-state index is 12.6. The van der Waals surface area contributed by atoms with Crippen molar-refractivity contribution in [2.75, 3.05) is 12.9 Å². The fourth-order valence-corrected chi connectivity index (χ4v) is 4.01. The Bertz CT molecular complexity index is 830. The van der Waals surface area contributed by atoms with E-state index >= 15 is 0 Å². The summed E-state index contributed by atoms with van der Waals surface area (Å²) in [5.74, 6) is 0.162. The number of nitrogens with zero attached hydrogens (tertiary/aromatic N) is 1. The summed E-state index contributed by atoms with van der Waals surface area (Å²) in [5, 5.41) is 10.8. The van der Waals surface area contributed by atoms with Gasteiger partial charge in [-0.2, -0.15) is 0 Å². The number of carbonyl (C=O) groups excluding carboxylic acids is 2. The second-order valence-electron chi connectivity index (χ2n) is 5.27. The molecule has 25 heavy (non-hydrogen) atoms. The van der Waals surface area contributed by atoms with Crippen LogP contribution in [0.3, 0.4) is 0 Å². The third-order valence-corrected chi connectivity index (χ3v) is 5.60. The number of rotatable bonds is 4. The highest BCUT2D eigenvalue weighted by Gasteiger charge is 2.36. The summed E-state index contributed by atoms with van der Waals surface area (Å²) in [5.41, 5.74) is 3.56. The van der Waals surface area contributed by atoms with Crippen molar-refractivity contribution in [2.45, 2.75) is 5.37 Å². The molecule has 0 aromatic heterocycles. The van der Waals surface area contributed by atoms with Crippen molar-refractivity contribution >= 4 is 39.5 Å². The van der Waals surface area contributed by atoms with Crippen LogP contribution in [0.15, 0.2) is 46.9 Å². The lowest BCUT2D eigenvalue weighted by molar-refractivity contribution is -0.130. The fraction of sp³-hybridized carbons (Fsp3) is 0.176. The molecule has 3 rings (SSSR count).